The predicted octanol–water partition coefficient (Wildman–Crippen LogP) is 3.38. The van der Waals surface area contributed by atoms with E-state index in [1.54, 1.807) is 24.7 Å². The molecule has 0 aliphatic rings. The summed E-state index contributed by atoms with van der Waals surface area (Å²) in [6.45, 7) is 1.82. The van der Waals surface area contributed by atoms with Gasteiger partial charge in [-0.2, -0.15) is 0 Å². The van der Waals surface area contributed by atoms with Gasteiger partial charge < -0.3 is 15.6 Å². The number of rotatable bonds is 6. The first-order chi connectivity index (χ1) is 12.2. The molecule has 6 nitrogen and oxygen atoms in total. The molecule has 0 bridgehead atoms. The summed E-state index contributed by atoms with van der Waals surface area (Å²) in [6.07, 6.45) is 5.07. The maximum Gasteiger partial charge on any atom is 0.170 e. The molecular weight excluding hydrogens is 336 g/mol. The lowest BCUT2D eigenvalue weighted by Crippen LogP contribution is -2.02. The Hall–Kier alpha value is -2.64. The number of hydrogen-bond donors (Lipinski definition) is 2. The van der Waals surface area contributed by atoms with E-state index < -0.39 is 0 Å². The largest absolute Gasteiger partial charge is 0.452 e. The van der Waals surface area contributed by atoms with Gasteiger partial charge in [0.2, 0.25) is 0 Å². The van der Waals surface area contributed by atoms with Gasteiger partial charge in [0.05, 0.1) is 23.2 Å². The van der Waals surface area contributed by atoms with Crippen LogP contribution in [-0.4, -0.2) is 26.7 Å². The molecule has 0 spiro atoms. The first kappa shape index (κ1) is 17.2. The number of ether oxygens (including phenoxy) is 1. The minimum absolute atomic E-state index is 0.0377. The lowest BCUT2D eigenvalue weighted by atomic mass is 10.3. The number of aryl methyl sites for hydroxylation is 1. The molecular formula is C18H18N4O2S. The van der Waals surface area contributed by atoms with Gasteiger partial charge in [0.15, 0.2) is 11.6 Å². The van der Waals surface area contributed by atoms with Crippen LogP contribution >= 0.6 is 11.8 Å². The van der Waals surface area contributed by atoms with Crippen molar-refractivity contribution in [2.75, 3.05) is 12.3 Å². The molecule has 0 radical (unpaired) electrons. The van der Waals surface area contributed by atoms with Crippen molar-refractivity contribution in [2.45, 2.75) is 17.1 Å². The van der Waals surface area contributed by atoms with Gasteiger partial charge in [-0.25, -0.2) is 4.98 Å². The summed E-state index contributed by atoms with van der Waals surface area (Å²) in [4.78, 5) is 13.5. The maximum atomic E-state index is 9.69. The predicted molar refractivity (Wildman–Crippen MR) is 97.6 cm³/mol. The van der Waals surface area contributed by atoms with Crippen LogP contribution in [0, 0.1) is 6.92 Å². The number of hydrogen-bond acceptors (Lipinski definition) is 7. The van der Waals surface area contributed by atoms with E-state index in [1.807, 2.05) is 37.3 Å². The molecule has 1 unspecified atom stereocenters. The van der Waals surface area contributed by atoms with Crippen LogP contribution < -0.4 is 10.5 Å². The Morgan fingerprint density at radius 2 is 1.96 bits per heavy atom. The Balaban J connectivity index is 1.82. The van der Waals surface area contributed by atoms with Gasteiger partial charge in [0, 0.05) is 23.5 Å². The minimum Gasteiger partial charge on any atom is -0.452 e. The molecule has 0 aliphatic carbocycles. The van der Waals surface area contributed by atoms with E-state index >= 15 is 0 Å². The van der Waals surface area contributed by atoms with Crippen LogP contribution in [0.2, 0.25) is 0 Å². The van der Waals surface area contributed by atoms with Gasteiger partial charge in [0.25, 0.3) is 0 Å². The fraction of sp³-hybridized carbons (Fsp3) is 0.167. The molecule has 3 heterocycles. The molecule has 0 amide bonds. The van der Waals surface area contributed by atoms with E-state index in [4.69, 9.17) is 10.5 Å². The number of anilines is 1. The van der Waals surface area contributed by atoms with Crippen LogP contribution in [0.4, 0.5) is 5.82 Å². The summed E-state index contributed by atoms with van der Waals surface area (Å²) in [5.74, 6) is 1.38. The van der Waals surface area contributed by atoms with Crippen molar-refractivity contribution >= 4 is 17.6 Å². The topological polar surface area (TPSA) is 94.1 Å². The van der Waals surface area contributed by atoms with Gasteiger partial charge >= 0.3 is 0 Å². The molecule has 3 N–H and O–H groups in total. The van der Waals surface area contributed by atoms with E-state index in [1.165, 1.54) is 11.8 Å². The standard InChI is InChI=1S/C18H18N4O2S/c1-12-15(6-4-8-20-12)24-16-9-13(10-22-18(16)19)25-17(11-23)14-5-2-3-7-21-14/h2-10,17,23H,11H2,1H3,(H2,19,22). The van der Waals surface area contributed by atoms with Crippen molar-refractivity contribution < 1.29 is 9.84 Å². The number of nitrogens with two attached hydrogens (primary N) is 1. The summed E-state index contributed by atoms with van der Waals surface area (Å²) in [7, 11) is 0. The van der Waals surface area contributed by atoms with Crippen molar-refractivity contribution in [2.24, 2.45) is 0 Å². The summed E-state index contributed by atoms with van der Waals surface area (Å²) in [5, 5.41) is 9.50. The monoisotopic (exact) mass is 354 g/mol. The van der Waals surface area contributed by atoms with Gasteiger partial charge in [-0.15, -0.1) is 11.8 Å². The number of nitrogens with zero attached hydrogens (tertiary/aromatic N) is 3. The highest BCUT2D eigenvalue weighted by molar-refractivity contribution is 7.99. The first-order valence-electron chi connectivity index (χ1n) is 7.71. The molecule has 128 valence electrons. The van der Waals surface area contributed by atoms with Gasteiger partial charge in [0.1, 0.15) is 5.75 Å². The van der Waals surface area contributed by atoms with E-state index in [0.717, 1.165) is 16.3 Å². The van der Waals surface area contributed by atoms with Crippen LogP contribution in [0.3, 0.4) is 0 Å². The number of aromatic nitrogens is 3. The zero-order chi connectivity index (χ0) is 17.6. The van der Waals surface area contributed by atoms with Crippen LogP contribution in [0.1, 0.15) is 16.6 Å². The summed E-state index contributed by atoms with van der Waals surface area (Å²) in [5.41, 5.74) is 7.50. The third-order valence-electron chi connectivity index (χ3n) is 3.50. The molecule has 3 aromatic heterocycles. The van der Waals surface area contributed by atoms with Crippen molar-refractivity contribution in [3.63, 3.8) is 0 Å². The minimum atomic E-state index is -0.195. The Morgan fingerprint density at radius 3 is 2.68 bits per heavy atom. The van der Waals surface area contributed by atoms with Crippen LogP contribution in [0.25, 0.3) is 0 Å². The lowest BCUT2D eigenvalue weighted by Gasteiger charge is -2.15. The van der Waals surface area contributed by atoms with Gasteiger partial charge in [-0.1, -0.05) is 6.07 Å². The van der Waals surface area contributed by atoms with Crippen LogP contribution in [-0.2, 0) is 0 Å². The fourth-order valence-electron chi connectivity index (χ4n) is 2.20. The second kappa shape index (κ2) is 7.96. The Kier molecular flexibility index (Phi) is 5.47. The molecule has 0 saturated carbocycles. The number of nitrogen functional groups attached to an aromatic ring is 1. The third-order valence-corrected chi connectivity index (χ3v) is 4.67. The number of aliphatic hydroxyl groups excluding tert-OH is 1. The highest BCUT2D eigenvalue weighted by Gasteiger charge is 2.15. The third kappa shape index (κ3) is 4.26. The smallest absolute Gasteiger partial charge is 0.170 e. The SMILES string of the molecule is Cc1ncccc1Oc1cc(SC(CO)c2ccccn2)cnc1N. The first-order valence-corrected chi connectivity index (χ1v) is 8.59. The molecule has 0 fully saturated rings. The van der Waals surface area contributed by atoms with E-state index in [9.17, 15) is 5.11 Å². The Bertz CT molecular complexity index is 845. The highest BCUT2D eigenvalue weighted by Crippen LogP contribution is 2.37. The maximum absolute atomic E-state index is 9.69. The number of pyridine rings is 3. The average molecular weight is 354 g/mol. The number of aliphatic hydroxyl groups is 1. The second-order valence-corrected chi connectivity index (χ2v) is 6.56. The molecule has 0 saturated heterocycles. The summed E-state index contributed by atoms with van der Waals surface area (Å²) >= 11 is 1.45. The van der Waals surface area contributed by atoms with Crippen molar-refractivity contribution in [1.29, 1.82) is 0 Å². The van der Waals surface area contributed by atoms with Gasteiger partial charge in [-0.05, 0) is 37.3 Å². The summed E-state index contributed by atoms with van der Waals surface area (Å²) in [6, 6.07) is 11.1. The number of thioether (sulfide) groups is 1. The molecule has 0 aromatic carbocycles. The molecule has 3 aromatic rings. The van der Waals surface area contributed by atoms with Crippen molar-refractivity contribution in [3.8, 4) is 11.5 Å². The fourth-order valence-corrected chi connectivity index (χ4v) is 3.15. The van der Waals surface area contributed by atoms with E-state index in [2.05, 4.69) is 15.0 Å². The Labute approximate surface area is 150 Å². The molecule has 7 heteroatoms. The van der Waals surface area contributed by atoms with Crippen LogP contribution in [0.5, 0.6) is 11.5 Å². The second-order valence-electron chi connectivity index (χ2n) is 5.29. The molecule has 3 rings (SSSR count). The molecule has 0 aliphatic heterocycles. The summed E-state index contributed by atoms with van der Waals surface area (Å²) < 4.78 is 5.86. The highest BCUT2D eigenvalue weighted by atomic mass is 32.2. The van der Waals surface area contributed by atoms with E-state index in [-0.39, 0.29) is 11.9 Å². The molecule has 1 atom stereocenters. The quantitative estimate of drug-likeness (QED) is 0.655. The zero-order valence-electron chi connectivity index (χ0n) is 13.7. The zero-order valence-corrected chi connectivity index (χ0v) is 14.5. The van der Waals surface area contributed by atoms with Crippen molar-refractivity contribution in [3.05, 3.63) is 66.4 Å². The van der Waals surface area contributed by atoms with Gasteiger partial charge in [-0.3, -0.25) is 9.97 Å². The van der Waals surface area contributed by atoms with E-state index in [0.29, 0.717) is 17.3 Å². The van der Waals surface area contributed by atoms with Crippen molar-refractivity contribution in [1.82, 2.24) is 15.0 Å². The average Bonchev–Trinajstić information content (AvgIpc) is 2.64. The molecule has 25 heavy (non-hydrogen) atoms. The lowest BCUT2D eigenvalue weighted by molar-refractivity contribution is 0.295. The Morgan fingerprint density at radius 1 is 1.12 bits per heavy atom. The van der Waals surface area contributed by atoms with Crippen LogP contribution in [0.15, 0.2) is 59.9 Å². The normalized spacial score (nSPS) is 11.9.